The lowest BCUT2D eigenvalue weighted by molar-refractivity contribution is -0.165. The van der Waals surface area contributed by atoms with E-state index in [4.69, 9.17) is 9.47 Å². The predicted octanol–water partition coefficient (Wildman–Crippen LogP) is 2.64. The van der Waals surface area contributed by atoms with Crippen LogP contribution < -0.4 is 9.47 Å². The van der Waals surface area contributed by atoms with Crippen LogP contribution in [-0.4, -0.2) is 11.9 Å². The summed E-state index contributed by atoms with van der Waals surface area (Å²) in [4.78, 5) is 24.6. The number of para-hydroxylation sites is 2. The first kappa shape index (κ1) is 12.0. The molecule has 0 bridgehead atoms. The Morgan fingerprint density at radius 3 is 1.45 bits per heavy atom. The molecule has 3 aliphatic rings. The minimum Gasteiger partial charge on any atom is -0.426 e. The molecule has 1 saturated carbocycles. The number of esters is 2. The molecule has 0 aromatic heterocycles. The van der Waals surface area contributed by atoms with Crippen LogP contribution in [0, 0.1) is 11.8 Å². The van der Waals surface area contributed by atoms with E-state index in [1.54, 1.807) is 0 Å². The van der Waals surface area contributed by atoms with Gasteiger partial charge in [0.25, 0.3) is 0 Å². The highest BCUT2D eigenvalue weighted by Gasteiger charge is 2.64. The summed E-state index contributed by atoms with van der Waals surface area (Å²) in [7, 11) is 0. The van der Waals surface area contributed by atoms with Crippen molar-refractivity contribution in [2.75, 3.05) is 0 Å². The second-order valence-corrected chi connectivity index (χ2v) is 6.02. The molecule has 0 amide bonds. The molecule has 0 saturated heterocycles. The van der Waals surface area contributed by atoms with Crippen LogP contribution in [0.4, 0.5) is 0 Å². The van der Waals surface area contributed by atoms with Crippen LogP contribution in [0.1, 0.15) is 23.0 Å². The van der Waals surface area contributed by atoms with Crippen LogP contribution in [0.15, 0.2) is 48.5 Å². The lowest BCUT2D eigenvalue weighted by Crippen LogP contribution is -2.57. The number of hydrogen-bond acceptors (Lipinski definition) is 4. The maximum absolute atomic E-state index is 12.3. The molecular formula is C18H12O4. The van der Waals surface area contributed by atoms with Crippen LogP contribution in [0.3, 0.4) is 0 Å². The molecule has 4 nitrogen and oxygen atoms in total. The number of carbonyl (C=O) groups is 2. The zero-order valence-electron chi connectivity index (χ0n) is 11.6. The van der Waals surface area contributed by atoms with E-state index in [1.165, 1.54) is 0 Å². The summed E-state index contributed by atoms with van der Waals surface area (Å²) in [5.41, 5.74) is 2.02. The van der Waals surface area contributed by atoms with Gasteiger partial charge in [0.1, 0.15) is 11.5 Å². The van der Waals surface area contributed by atoms with E-state index in [0.29, 0.717) is 11.5 Å². The molecule has 4 heteroatoms. The van der Waals surface area contributed by atoms with Crippen LogP contribution in [0.25, 0.3) is 0 Å². The lowest BCUT2D eigenvalue weighted by Gasteiger charge is -2.53. The number of hydrogen-bond donors (Lipinski definition) is 0. The highest BCUT2D eigenvalue weighted by molar-refractivity contribution is 5.92. The molecule has 5 rings (SSSR count). The van der Waals surface area contributed by atoms with Crippen molar-refractivity contribution in [3.05, 3.63) is 59.7 Å². The smallest absolute Gasteiger partial charge is 0.315 e. The summed E-state index contributed by atoms with van der Waals surface area (Å²) < 4.78 is 10.8. The van der Waals surface area contributed by atoms with Gasteiger partial charge in [0, 0.05) is 11.8 Å². The molecule has 22 heavy (non-hydrogen) atoms. The number of rotatable bonds is 0. The van der Waals surface area contributed by atoms with Crippen molar-refractivity contribution >= 4 is 11.9 Å². The number of carbonyl (C=O) groups excluding carboxylic acids is 2. The van der Waals surface area contributed by atoms with Gasteiger partial charge in [-0.05, 0) is 23.3 Å². The minimum atomic E-state index is -0.430. The molecule has 0 radical (unpaired) electrons. The van der Waals surface area contributed by atoms with E-state index >= 15 is 0 Å². The molecule has 0 N–H and O–H groups in total. The predicted molar refractivity (Wildman–Crippen MR) is 76.6 cm³/mol. The van der Waals surface area contributed by atoms with E-state index < -0.39 is 11.8 Å². The third-order valence-electron chi connectivity index (χ3n) is 5.07. The van der Waals surface area contributed by atoms with Gasteiger partial charge < -0.3 is 9.47 Å². The van der Waals surface area contributed by atoms with Crippen LogP contribution in [0.5, 0.6) is 11.5 Å². The standard InChI is InChI=1S/C18H12O4/c19-17-15-13(9-5-1-3-7-11(9)21-17)14-10-6-2-4-8-12(10)22-18(20)16(14)15/h1-8,13-16H/t13-,14+,15-,16+. The van der Waals surface area contributed by atoms with E-state index in [2.05, 4.69) is 0 Å². The van der Waals surface area contributed by atoms with Crippen molar-refractivity contribution in [2.24, 2.45) is 11.8 Å². The van der Waals surface area contributed by atoms with Crippen molar-refractivity contribution in [1.82, 2.24) is 0 Å². The molecule has 4 atom stereocenters. The molecule has 2 heterocycles. The molecule has 1 fully saturated rings. The lowest BCUT2D eigenvalue weighted by atomic mass is 9.51. The van der Waals surface area contributed by atoms with E-state index in [-0.39, 0.29) is 23.8 Å². The molecule has 0 unspecified atom stereocenters. The second kappa shape index (κ2) is 3.97. The zero-order valence-corrected chi connectivity index (χ0v) is 11.6. The van der Waals surface area contributed by atoms with Gasteiger partial charge in [-0.3, -0.25) is 9.59 Å². The average molecular weight is 292 g/mol. The summed E-state index contributed by atoms with van der Waals surface area (Å²) in [6.07, 6.45) is 0. The minimum absolute atomic E-state index is 0.00329. The monoisotopic (exact) mass is 292 g/mol. The number of ether oxygens (including phenoxy) is 2. The topological polar surface area (TPSA) is 52.6 Å². The van der Waals surface area contributed by atoms with Gasteiger partial charge in [-0.25, -0.2) is 0 Å². The summed E-state index contributed by atoms with van der Waals surface area (Å²) >= 11 is 0. The summed E-state index contributed by atoms with van der Waals surface area (Å²) in [5, 5.41) is 0. The zero-order chi connectivity index (χ0) is 14.8. The molecule has 0 spiro atoms. The van der Waals surface area contributed by atoms with Crippen LogP contribution >= 0.6 is 0 Å². The molecule has 1 aliphatic carbocycles. The second-order valence-electron chi connectivity index (χ2n) is 6.02. The van der Waals surface area contributed by atoms with E-state index in [1.807, 2.05) is 48.5 Å². The summed E-state index contributed by atoms with van der Waals surface area (Å²) in [6, 6.07) is 15.2. The van der Waals surface area contributed by atoms with Crippen molar-refractivity contribution in [2.45, 2.75) is 11.8 Å². The highest BCUT2D eigenvalue weighted by atomic mass is 16.5. The maximum atomic E-state index is 12.3. The third kappa shape index (κ3) is 1.32. The Hall–Kier alpha value is -2.62. The molecule has 2 aromatic carbocycles. The van der Waals surface area contributed by atoms with Gasteiger partial charge in [-0.2, -0.15) is 0 Å². The summed E-state index contributed by atoms with van der Waals surface area (Å²) in [6.45, 7) is 0. The Morgan fingerprint density at radius 1 is 0.591 bits per heavy atom. The van der Waals surface area contributed by atoms with Crippen molar-refractivity contribution in [3.8, 4) is 11.5 Å². The first-order valence-corrected chi connectivity index (χ1v) is 7.37. The number of fused-ring (bicyclic) bond motifs is 8. The first-order chi connectivity index (χ1) is 10.8. The van der Waals surface area contributed by atoms with Gasteiger partial charge in [0.2, 0.25) is 0 Å². The fourth-order valence-corrected chi connectivity index (χ4v) is 4.16. The summed E-state index contributed by atoms with van der Waals surface area (Å²) in [5.74, 6) is -0.274. The fourth-order valence-electron chi connectivity index (χ4n) is 4.16. The van der Waals surface area contributed by atoms with E-state index in [9.17, 15) is 9.59 Å². The fraction of sp³-hybridized carbons (Fsp3) is 0.222. The number of benzene rings is 2. The van der Waals surface area contributed by atoms with Crippen molar-refractivity contribution in [1.29, 1.82) is 0 Å². The highest BCUT2D eigenvalue weighted by Crippen LogP contribution is 2.64. The van der Waals surface area contributed by atoms with Crippen LogP contribution in [-0.2, 0) is 9.59 Å². The molecule has 108 valence electrons. The Bertz CT molecular complexity index is 756. The van der Waals surface area contributed by atoms with Gasteiger partial charge in [-0.1, -0.05) is 36.4 Å². The van der Waals surface area contributed by atoms with E-state index in [0.717, 1.165) is 11.1 Å². The largest absolute Gasteiger partial charge is 0.426 e. The Labute approximate surface area is 126 Å². The Balaban J connectivity index is 1.71. The van der Waals surface area contributed by atoms with Gasteiger partial charge in [0.15, 0.2) is 0 Å². The normalized spacial score (nSPS) is 30.7. The van der Waals surface area contributed by atoms with Crippen LogP contribution in [0.2, 0.25) is 0 Å². The van der Waals surface area contributed by atoms with Crippen molar-refractivity contribution in [3.63, 3.8) is 0 Å². The molecule has 2 aromatic rings. The van der Waals surface area contributed by atoms with Crippen molar-refractivity contribution < 1.29 is 19.1 Å². The van der Waals surface area contributed by atoms with Gasteiger partial charge >= 0.3 is 11.9 Å². The average Bonchev–Trinajstić information content (AvgIpc) is 2.49. The Kier molecular flexibility index (Phi) is 2.16. The molecule has 2 aliphatic heterocycles. The SMILES string of the molecule is O=C1Oc2ccccc2[C@@H]2[C@H]1[C@@H]1C(=O)Oc3ccccc3[C@@H]12. The van der Waals surface area contributed by atoms with Gasteiger partial charge in [0.05, 0.1) is 11.8 Å². The first-order valence-electron chi connectivity index (χ1n) is 7.37. The third-order valence-corrected chi connectivity index (χ3v) is 5.07. The quantitative estimate of drug-likeness (QED) is 0.553. The maximum Gasteiger partial charge on any atom is 0.315 e. The van der Waals surface area contributed by atoms with Gasteiger partial charge in [-0.15, -0.1) is 0 Å². The molecular weight excluding hydrogens is 280 g/mol. The Morgan fingerprint density at radius 2 is 1.00 bits per heavy atom.